The van der Waals surface area contributed by atoms with Gasteiger partial charge in [0.1, 0.15) is 24.4 Å². The van der Waals surface area contributed by atoms with Gasteiger partial charge in [-0.25, -0.2) is 22.8 Å². The van der Waals surface area contributed by atoms with Crippen LogP contribution in [-0.2, 0) is 52.8 Å². The van der Waals surface area contributed by atoms with Crippen molar-refractivity contribution < 1.29 is 84.7 Å². The molecule has 32 heteroatoms. The second-order valence-corrected chi connectivity index (χ2v) is 17.0. The molecule has 9 atom stereocenters. The second-order valence-electron chi connectivity index (χ2n) is 12.9. The highest BCUT2D eigenvalue weighted by atomic mass is 31.2. The standard InChI is InChI=1S/C25H38N11O18P3/c1-33-3-11(52-14(4-33)36-10-34(2)16-20(36)30-25(27)32-22(16)40)5-48-56(44,45)49-6-12(54-55(41,42)43)7-50-57(46,47)51-8-13-17(37)18(38)23(53-13)35-9-28-15-19(35)29-24(26)31-21(15)39/h9-14,17-18,23,37-38H,3-8H2,1-2H3,(H9-,26,27,29,30,31,32,39,40,41,42,43,44,45,46,47)/p+2/t11-,12?,13+,14+,17+,18+,23+/m0/s1. The molecule has 6 heterocycles. The van der Waals surface area contributed by atoms with Crippen LogP contribution in [0.25, 0.3) is 22.3 Å². The summed E-state index contributed by atoms with van der Waals surface area (Å²) in [5.41, 5.74) is 10.5. The van der Waals surface area contributed by atoms with Gasteiger partial charge in [0.05, 0.1) is 46.1 Å². The Morgan fingerprint density at radius 1 is 0.877 bits per heavy atom. The quantitative estimate of drug-likeness (QED) is 0.0373. The zero-order valence-corrected chi connectivity index (χ0v) is 32.4. The van der Waals surface area contributed by atoms with E-state index >= 15 is 0 Å². The zero-order chi connectivity index (χ0) is 41.6. The average molecular weight is 876 g/mol. The number of hydrogen-bond donors (Lipinski definition) is 11. The lowest BCUT2D eigenvalue weighted by molar-refractivity contribution is -0.747. The lowest BCUT2D eigenvalue weighted by Gasteiger charge is -2.34. The summed E-state index contributed by atoms with van der Waals surface area (Å²) in [5.74, 6) is -0.386. The maximum absolute atomic E-state index is 12.8. The number of imidazole rings is 2. The third kappa shape index (κ3) is 10.2. The van der Waals surface area contributed by atoms with Crippen LogP contribution in [0.15, 0.2) is 22.2 Å². The Bertz CT molecular complexity index is 2370. The Morgan fingerprint density at radius 2 is 1.49 bits per heavy atom. The van der Waals surface area contributed by atoms with Gasteiger partial charge in [-0.15, -0.1) is 0 Å². The molecule has 29 nitrogen and oxygen atoms in total. The van der Waals surface area contributed by atoms with E-state index < -0.39 is 104 Å². The van der Waals surface area contributed by atoms with Crippen molar-refractivity contribution in [1.29, 1.82) is 0 Å². The summed E-state index contributed by atoms with van der Waals surface area (Å²) in [7, 11) is -12.2. The molecule has 2 aliphatic rings. The molecule has 0 aliphatic carbocycles. The number of ether oxygens (including phenoxy) is 2. The number of nitrogens with one attached hydrogen (secondary N) is 3. The topological polar surface area (TPSA) is 412 Å². The number of likely N-dealkylation sites (N-methyl/N-ethyl adjacent to an activating group) is 1. The SMILES string of the molecule is CN1C[C@@H](COP(=O)(O)OCC(COP(=O)(O)OC[C@H]2O[C@@H]([n+]3c[nH]c4c(=O)[nH]c(N)nc43)[C@H](O)[C@@H]2O)OP(=O)(O)O)O[C@@H]([n+]2cn(C)c3c(=O)[nH]c(N)nc32)C1. The van der Waals surface area contributed by atoms with Crippen LogP contribution in [0.4, 0.5) is 11.9 Å². The highest BCUT2D eigenvalue weighted by molar-refractivity contribution is 7.47. The average Bonchev–Trinajstić information content (AvgIpc) is 3.76. The van der Waals surface area contributed by atoms with Crippen molar-refractivity contribution in [2.75, 3.05) is 58.0 Å². The number of nitrogen functional groups attached to an aromatic ring is 2. The molecule has 0 amide bonds. The molecule has 4 aromatic heterocycles. The molecule has 0 bridgehead atoms. The van der Waals surface area contributed by atoms with Crippen molar-refractivity contribution >= 4 is 57.7 Å². The number of phosphoric acid groups is 3. The number of rotatable bonds is 16. The molecular weight excluding hydrogens is 835 g/mol. The number of nitrogens with zero attached hydrogens (tertiary/aromatic N) is 6. The monoisotopic (exact) mass is 875 g/mol. The fourth-order valence-electron chi connectivity index (χ4n) is 6.08. The number of aliphatic hydroxyl groups excluding tert-OH is 2. The van der Waals surface area contributed by atoms with Crippen LogP contribution in [-0.4, -0.2) is 141 Å². The summed E-state index contributed by atoms with van der Waals surface area (Å²) in [5, 5.41) is 21.2. The Kier molecular flexibility index (Phi) is 12.5. The van der Waals surface area contributed by atoms with Gasteiger partial charge in [0, 0.05) is 6.54 Å². The number of anilines is 2. The van der Waals surface area contributed by atoms with Gasteiger partial charge in [0.25, 0.3) is 23.0 Å². The summed E-state index contributed by atoms with van der Waals surface area (Å²) in [4.78, 5) is 81.2. The number of H-pyrrole nitrogens is 3. The first kappa shape index (κ1) is 43.0. The van der Waals surface area contributed by atoms with E-state index in [1.54, 1.807) is 25.0 Å². The molecule has 3 unspecified atom stereocenters. The lowest BCUT2D eigenvalue weighted by Crippen LogP contribution is -2.54. The van der Waals surface area contributed by atoms with Crippen LogP contribution in [0, 0.1) is 0 Å². The van der Waals surface area contributed by atoms with Gasteiger partial charge in [0.2, 0.25) is 17.3 Å². The number of aromatic nitrogens is 8. The third-order valence-electron chi connectivity index (χ3n) is 8.51. The second kappa shape index (κ2) is 16.6. The predicted molar refractivity (Wildman–Crippen MR) is 185 cm³/mol. The van der Waals surface area contributed by atoms with Crippen molar-refractivity contribution in [2.45, 2.75) is 43.0 Å². The minimum Gasteiger partial charge on any atom is -0.387 e. The van der Waals surface area contributed by atoms with E-state index in [0.717, 1.165) is 4.57 Å². The Morgan fingerprint density at radius 3 is 2.14 bits per heavy atom. The van der Waals surface area contributed by atoms with Gasteiger partial charge in [-0.05, 0) is 7.05 Å². The predicted octanol–water partition coefficient (Wildman–Crippen LogP) is -4.54. The van der Waals surface area contributed by atoms with E-state index in [0.29, 0.717) is 6.54 Å². The molecular formula is C25H40N11O18P3+2. The number of aryl methyl sites for hydroxylation is 1. The van der Waals surface area contributed by atoms with Crippen LogP contribution in [0.3, 0.4) is 0 Å². The van der Waals surface area contributed by atoms with Gasteiger partial charge >= 0.3 is 34.8 Å². The first-order valence-electron chi connectivity index (χ1n) is 16.5. The smallest absolute Gasteiger partial charge is 0.387 e. The van der Waals surface area contributed by atoms with Gasteiger partial charge in [-0.1, -0.05) is 9.97 Å². The number of aliphatic hydroxyl groups is 2. The normalized spacial score (nSPS) is 26.2. The number of hydrogen-bond acceptors (Lipinski definition) is 19. The minimum atomic E-state index is -5.36. The molecule has 316 valence electrons. The zero-order valence-electron chi connectivity index (χ0n) is 29.7. The van der Waals surface area contributed by atoms with E-state index in [1.807, 2.05) is 4.90 Å². The minimum absolute atomic E-state index is 0.0381. The summed E-state index contributed by atoms with van der Waals surface area (Å²) < 4.78 is 77.0. The third-order valence-corrected chi connectivity index (χ3v) is 11.0. The first-order chi connectivity index (χ1) is 26.6. The summed E-state index contributed by atoms with van der Waals surface area (Å²) in [6, 6.07) is 0. The fraction of sp³-hybridized carbons (Fsp3) is 0.600. The fourth-order valence-corrected chi connectivity index (χ4v) is 8.14. The molecule has 6 rings (SSSR count). The van der Waals surface area contributed by atoms with Gasteiger partial charge in [-0.2, -0.15) is 0 Å². The lowest BCUT2D eigenvalue weighted by atomic mass is 10.1. The van der Waals surface area contributed by atoms with Crippen LogP contribution in [0.1, 0.15) is 12.5 Å². The van der Waals surface area contributed by atoms with Crippen molar-refractivity contribution in [3.63, 3.8) is 0 Å². The molecule has 57 heavy (non-hydrogen) atoms. The molecule has 0 aromatic carbocycles. The van der Waals surface area contributed by atoms with Crippen LogP contribution in [0.5, 0.6) is 0 Å². The number of phosphoric ester groups is 3. The molecule has 0 spiro atoms. The van der Waals surface area contributed by atoms with E-state index in [2.05, 4.69) is 29.4 Å². The Balaban J connectivity index is 1.02. The molecule has 2 aliphatic heterocycles. The van der Waals surface area contributed by atoms with Crippen molar-refractivity contribution in [3.8, 4) is 0 Å². The van der Waals surface area contributed by atoms with Crippen molar-refractivity contribution in [1.82, 2.24) is 34.4 Å². The van der Waals surface area contributed by atoms with E-state index in [9.17, 15) is 53.1 Å². The molecule has 2 fully saturated rings. The van der Waals surface area contributed by atoms with E-state index in [4.69, 9.17) is 39.0 Å². The van der Waals surface area contributed by atoms with Gasteiger partial charge in [-0.3, -0.25) is 56.6 Å². The number of fused-ring (bicyclic) bond motifs is 2. The molecule has 0 radical (unpaired) electrons. The summed E-state index contributed by atoms with van der Waals surface area (Å²) in [6.07, 6.45) is -7.06. The van der Waals surface area contributed by atoms with Gasteiger partial charge < -0.3 is 50.7 Å². The highest BCUT2D eigenvalue weighted by Crippen LogP contribution is 2.48. The van der Waals surface area contributed by atoms with Crippen molar-refractivity contribution in [3.05, 3.63) is 33.4 Å². The van der Waals surface area contributed by atoms with Gasteiger partial charge in [0.15, 0.2) is 18.9 Å². The molecule has 4 aromatic rings. The Hall–Kier alpha value is -3.57. The van der Waals surface area contributed by atoms with E-state index in [1.165, 1.54) is 10.9 Å². The number of morpholine rings is 1. The van der Waals surface area contributed by atoms with Crippen LogP contribution in [0.2, 0.25) is 0 Å². The van der Waals surface area contributed by atoms with Crippen molar-refractivity contribution in [2.24, 2.45) is 7.05 Å². The summed E-state index contributed by atoms with van der Waals surface area (Å²) >= 11 is 0. The largest absolute Gasteiger partial charge is 0.472 e. The maximum Gasteiger partial charge on any atom is 0.472 e. The first-order valence-corrected chi connectivity index (χ1v) is 21.0. The Labute approximate surface area is 318 Å². The van der Waals surface area contributed by atoms with E-state index in [-0.39, 0.29) is 40.8 Å². The van der Waals surface area contributed by atoms with Crippen LogP contribution >= 0.6 is 23.5 Å². The summed E-state index contributed by atoms with van der Waals surface area (Å²) in [6.45, 7) is -3.20. The highest BCUT2D eigenvalue weighted by Gasteiger charge is 2.48. The maximum atomic E-state index is 12.8. The van der Waals surface area contributed by atoms with Crippen LogP contribution < -0.4 is 31.7 Å². The number of aromatic amines is 3. The molecule has 2 saturated heterocycles. The molecule has 0 saturated carbocycles. The number of nitrogens with two attached hydrogens (primary N) is 2. The molecule has 13 N–H and O–H groups in total.